The standard InChI is InChI=1S/C12I9/c13-2-1-3(14)7(16)4(6(2)15)5-8(17)10(19)12(21)11(20)9(5)18. The van der Waals surface area contributed by atoms with Gasteiger partial charge in [-0.1, -0.05) is 0 Å². The highest BCUT2D eigenvalue weighted by Gasteiger charge is 2.23. The molecule has 0 saturated carbocycles. The molecule has 0 spiro atoms. The molecule has 0 bridgehead atoms. The first-order valence-corrected chi connectivity index (χ1v) is 14.7. The molecule has 0 aliphatic rings. The highest BCUT2D eigenvalue weighted by molar-refractivity contribution is 14.1. The number of hydrogen-bond donors (Lipinski definition) is 0. The zero-order chi connectivity index (χ0) is 16.1. The Kier molecular flexibility index (Phi) is 10.1. The van der Waals surface area contributed by atoms with E-state index in [-0.39, 0.29) is 0 Å². The summed E-state index contributed by atoms with van der Waals surface area (Å²) in [7, 11) is 0. The number of rotatable bonds is 1. The fraction of sp³-hybridized carbons (Fsp3) is 0. The van der Waals surface area contributed by atoms with Crippen molar-refractivity contribution in [2.24, 2.45) is 0 Å². The summed E-state index contributed by atoms with van der Waals surface area (Å²) in [5, 5.41) is 0. The molecule has 2 rings (SSSR count). The number of halogens is 9. The van der Waals surface area contributed by atoms with E-state index >= 15 is 0 Å². The SMILES string of the molecule is Ic1[c]c(I)c(I)c(-c2c(I)c(I)c(I)c(I)c2I)c1I. The van der Waals surface area contributed by atoms with Crippen LogP contribution in [0.15, 0.2) is 0 Å². The van der Waals surface area contributed by atoms with Crippen molar-refractivity contribution in [3.05, 3.63) is 38.2 Å². The van der Waals surface area contributed by atoms with Crippen molar-refractivity contribution in [3.8, 4) is 11.1 Å². The summed E-state index contributed by atoms with van der Waals surface area (Å²) in [6.45, 7) is 0. The van der Waals surface area contributed by atoms with E-state index in [0.29, 0.717) is 0 Å². The quantitative estimate of drug-likeness (QED) is 0.153. The normalized spacial score (nSPS) is 11.1. The first-order valence-electron chi connectivity index (χ1n) is 4.95. The van der Waals surface area contributed by atoms with Crippen LogP contribution in [0, 0.1) is 38.2 Å². The molecule has 0 aromatic heterocycles. The Bertz CT molecular complexity index is 696. The van der Waals surface area contributed by atoms with Gasteiger partial charge in [-0.05, 0) is 203 Å². The Hall–Kier alpha value is 5.01. The topological polar surface area (TPSA) is 0 Å². The van der Waals surface area contributed by atoms with Crippen LogP contribution in [0.2, 0.25) is 0 Å². The van der Waals surface area contributed by atoms with E-state index < -0.39 is 0 Å². The van der Waals surface area contributed by atoms with Gasteiger partial charge in [0.15, 0.2) is 0 Å². The summed E-state index contributed by atoms with van der Waals surface area (Å²) in [6, 6.07) is 3.44. The van der Waals surface area contributed by atoms with Gasteiger partial charge in [0.25, 0.3) is 0 Å². The second kappa shape index (κ2) is 9.47. The third-order valence-electron chi connectivity index (χ3n) is 2.50. The third-order valence-corrected chi connectivity index (χ3v) is 17.9. The average molecular weight is 1290 g/mol. The molecule has 0 heterocycles. The summed E-state index contributed by atoms with van der Waals surface area (Å²) in [5.74, 6) is 0. The van der Waals surface area contributed by atoms with E-state index in [1.165, 1.54) is 43.3 Å². The molecule has 2 aromatic rings. The molecule has 0 unspecified atom stereocenters. The van der Waals surface area contributed by atoms with Crippen molar-refractivity contribution in [3.63, 3.8) is 0 Å². The molecule has 2 aromatic carbocycles. The average Bonchev–Trinajstić information content (AvgIpc) is 2.44. The van der Waals surface area contributed by atoms with Crippen LogP contribution < -0.4 is 0 Å². The van der Waals surface area contributed by atoms with Gasteiger partial charge in [-0.3, -0.25) is 0 Å². The van der Waals surface area contributed by atoms with Crippen molar-refractivity contribution in [2.75, 3.05) is 0 Å². The van der Waals surface area contributed by atoms with Gasteiger partial charge in [-0.15, -0.1) is 0 Å². The maximum Gasteiger partial charge on any atom is 0.0419 e. The monoisotopic (exact) mass is 1290 g/mol. The van der Waals surface area contributed by atoms with Gasteiger partial charge < -0.3 is 0 Å². The van der Waals surface area contributed by atoms with E-state index in [2.05, 4.69) is 209 Å². The van der Waals surface area contributed by atoms with Gasteiger partial charge in [0.05, 0.1) is 0 Å². The summed E-state index contributed by atoms with van der Waals surface area (Å²) in [4.78, 5) is 0. The van der Waals surface area contributed by atoms with Crippen LogP contribution in [0.1, 0.15) is 0 Å². The molecule has 21 heavy (non-hydrogen) atoms. The molecular weight excluding hydrogens is 1290 g/mol. The highest BCUT2D eigenvalue weighted by Crippen LogP contribution is 2.44. The van der Waals surface area contributed by atoms with E-state index in [4.69, 9.17) is 0 Å². The van der Waals surface area contributed by atoms with Crippen LogP contribution >= 0.6 is 203 Å². The third kappa shape index (κ3) is 4.71. The molecule has 0 nitrogen and oxygen atoms in total. The fourth-order valence-corrected chi connectivity index (χ4v) is 10.3. The molecule has 9 heteroatoms. The van der Waals surface area contributed by atoms with Gasteiger partial charge in [-0.25, -0.2) is 0 Å². The second-order valence-electron chi connectivity index (χ2n) is 3.70. The van der Waals surface area contributed by atoms with E-state index in [1.54, 1.807) is 0 Å². The van der Waals surface area contributed by atoms with Gasteiger partial charge in [0, 0.05) is 49.3 Å². The molecule has 0 saturated heterocycles. The molecular formula is C12I9. The van der Waals surface area contributed by atoms with Crippen molar-refractivity contribution in [1.82, 2.24) is 0 Å². The molecule has 0 fully saturated rings. The van der Waals surface area contributed by atoms with E-state index in [0.717, 1.165) is 0 Å². The van der Waals surface area contributed by atoms with Crippen LogP contribution in [-0.4, -0.2) is 0 Å². The molecule has 0 amide bonds. The Labute approximate surface area is 246 Å². The van der Waals surface area contributed by atoms with Gasteiger partial charge in [-0.2, -0.15) is 0 Å². The largest absolute Gasteiger partial charge is 0.0424 e. The van der Waals surface area contributed by atoms with Crippen molar-refractivity contribution in [1.29, 1.82) is 0 Å². The Morgan fingerprint density at radius 1 is 0.381 bits per heavy atom. The minimum atomic E-state index is 1.20. The smallest absolute Gasteiger partial charge is 0.0419 e. The molecule has 111 valence electrons. The summed E-state index contributed by atoms with van der Waals surface area (Å²) >= 11 is 22.0. The lowest BCUT2D eigenvalue weighted by Gasteiger charge is -2.18. The van der Waals surface area contributed by atoms with Crippen molar-refractivity contribution in [2.45, 2.75) is 0 Å². The Morgan fingerprint density at radius 3 is 1.05 bits per heavy atom. The minimum absolute atomic E-state index is 1.20. The molecule has 0 aliphatic carbocycles. The predicted molar refractivity (Wildman–Crippen MR) is 165 cm³/mol. The van der Waals surface area contributed by atoms with Crippen LogP contribution in [0.3, 0.4) is 0 Å². The highest BCUT2D eigenvalue weighted by atomic mass is 127. The first kappa shape index (κ1) is 22.3. The van der Waals surface area contributed by atoms with E-state index in [9.17, 15) is 0 Å². The number of hydrogen-bond acceptors (Lipinski definition) is 0. The van der Waals surface area contributed by atoms with Crippen molar-refractivity contribution < 1.29 is 0 Å². The zero-order valence-corrected chi connectivity index (χ0v) is 28.8. The van der Waals surface area contributed by atoms with E-state index in [1.807, 2.05) is 0 Å². The summed E-state index contributed by atoms with van der Waals surface area (Å²) in [5.41, 5.74) is 2.72. The van der Waals surface area contributed by atoms with Crippen LogP contribution in [-0.2, 0) is 0 Å². The molecule has 0 aliphatic heterocycles. The van der Waals surface area contributed by atoms with Crippen LogP contribution in [0.25, 0.3) is 11.1 Å². The van der Waals surface area contributed by atoms with Crippen LogP contribution in [0.4, 0.5) is 0 Å². The van der Waals surface area contributed by atoms with Gasteiger partial charge in [0.2, 0.25) is 0 Å². The summed E-state index contributed by atoms with van der Waals surface area (Å²) < 4.78 is 11.7. The lowest BCUT2D eigenvalue weighted by Crippen LogP contribution is -2.04. The first-order chi connectivity index (χ1) is 9.68. The zero-order valence-electron chi connectivity index (χ0n) is 9.40. The predicted octanol–water partition coefficient (Wildman–Crippen LogP) is 8.60. The fourth-order valence-electron chi connectivity index (χ4n) is 1.57. The lowest BCUT2D eigenvalue weighted by molar-refractivity contribution is 1.38. The van der Waals surface area contributed by atoms with Gasteiger partial charge >= 0.3 is 0 Å². The molecule has 0 atom stereocenters. The Morgan fingerprint density at radius 2 is 0.667 bits per heavy atom. The maximum atomic E-state index is 3.44. The lowest BCUT2D eigenvalue weighted by atomic mass is 10.1. The summed E-state index contributed by atoms with van der Waals surface area (Å²) in [6.07, 6.45) is 0. The second-order valence-corrected chi connectivity index (χ2v) is 13.4. The maximum absolute atomic E-state index is 3.44. The Balaban J connectivity index is 3.00. The molecule has 0 N–H and O–H groups in total. The molecule has 1 radical (unpaired) electrons. The van der Waals surface area contributed by atoms with Gasteiger partial charge in [0.1, 0.15) is 0 Å². The number of benzene rings is 2. The minimum Gasteiger partial charge on any atom is -0.0424 e. The van der Waals surface area contributed by atoms with Crippen LogP contribution in [0.5, 0.6) is 0 Å². The van der Waals surface area contributed by atoms with Crippen molar-refractivity contribution >= 4 is 203 Å².